The third kappa shape index (κ3) is 3.32. The molecule has 2 aromatic carbocycles. The molecular formula is C22H23NO3. The van der Waals surface area contributed by atoms with Gasteiger partial charge in [0.2, 0.25) is 0 Å². The van der Waals surface area contributed by atoms with Crippen molar-refractivity contribution in [1.29, 1.82) is 0 Å². The zero-order chi connectivity index (χ0) is 17.9. The number of rotatable bonds is 4. The summed E-state index contributed by atoms with van der Waals surface area (Å²) >= 11 is 0. The summed E-state index contributed by atoms with van der Waals surface area (Å²) in [6.45, 7) is 4.07. The van der Waals surface area contributed by atoms with Gasteiger partial charge in [0.15, 0.2) is 5.76 Å². The van der Waals surface area contributed by atoms with Crippen molar-refractivity contribution < 1.29 is 13.9 Å². The zero-order valence-corrected chi connectivity index (χ0v) is 15.0. The van der Waals surface area contributed by atoms with Crippen LogP contribution in [0.15, 0.2) is 59.0 Å². The number of carbonyl (C=O) groups excluding carboxylic acids is 1. The fourth-order valence-electron chi connectivity index (χ4n) is 3.64. The van der Waals surface area contributed by atoms with Crippen LogP contribution in [0.25, 0.3) is 11.0 Å². The largest absolute Gasteiger partial charge is 0.493 e. The fourth-order valence-corrected chi connectivity index (χ4v) is 3.64. The zero-order valence-electron chi connectivity index (χ0n) is 15.0. The third-order valence-corrected chi connectivity index (χ3v) is 5.07. The number of likely N-dealkylation sites (tertiary alicyclic amines) is 1. The van der Waals surface area contributed by atoms with Gasteiger partial charge < -0.3 is 14.1 Å². The Kier molecular flexibility index (Phi) is 4.65. The highest BCUT2D eigenvalue weighted by Crippen LogP contribution is 2.27. The van der Waals surface area contributed by atoms with Gasteiger partial charge in [-0.2, -0.15) is 0 Å². The summed E-state index contributed by atoms with van der Waals surface area (Å²) in [5.41, 5.74) is 1.70. The fraction of sp³-hybridized carbons (Fsp3) is 0.318. The van der Waals surface area contributed by atoms with E-state index in [1.165, 1.54) is 0 Å². The van der Waals surface area contributed by atoms with Crippen LogP contribution in [-0.2, 0) is 0 Å². The third-order valence-electron chi connectivity index (χ3n) is 5.07. The standard InChI is InChI=1S/C22H23NO3/c1-16-19-11-5-6-12-20(19)26-21(16)22(24)23-13-7-8-17(14-23)15-25-18-9-3-2-4-10-18/h2-6,9-12,17H,7-8,13-15H2,1H3. The van der Waals surface area contributed by atoms with E-state index < -0.39 is 0 Å². The number of nitrogens with zero attached hydrogens (tertiary/aromatic N) is 1. The lowest BCUT2D eigenvalue weighted by Gasteiger charge is -2.32. The first-order valence-corrected chi connectivity index (χ1v) is 9.17. The molecule has 1 aromatic heterocycles. The second-order valence-electron chi connectivity index (χ2n) is 6.94. The SMILES string of the molecule is Cc1c(C(=O)N2CCCC(COc3ccccc3)C2)oc2ccccc12. The van der Waals surface area contributed by atoms with Crippen LogP contribution >= 0.6 is 0 Å². The van der Waals surface area contributed by atoms with E-state index in [0.717, 1.165) is 41.7 Å². The van der Waals surface area contributed by atoms with Gasteiger partial charge in [0, 0.05) is 30.0 Å². The lowest BCUT2D eigenvalue weighted by atomic mass is 9.98. The number of carbonyl (C=O) groups is 1. The summed E-state index contributed by atoms with van der Waals surface area (Å²) < 4.78 is 11.7. The summed E-state index contributed by atoms with van der Waals surface area (Å²) in [6, 6.07) is 17.6. The summed E-state index contributed by atoms with van der Waals surface area (Å²) in [7, 11) is 0. The van der Waals surface area contributed by atoms with E-state index >= 15 is 0 Å². The number of aryl methyl sites for hydroxylation is 1. The first-order valence-electron chi connectivity index (χ1n) is 9.17. The molecule has 1 saturated heterocycles. The maximum atomic E-state index is 13.0. The van der Waals surface area contributed by atoms with Crippen LogP contribution in [0.1, 0.15) is 29.0 Å². The van der Waals surface area contributed by atoms with Gasteiger partial charge in [-0.15, -0.1) is 0 Å². The molecule has 1 aliphatic heterocycles. The molecule has 134 valence electrons. The first-order chi connectivity index (χ1) is 12.7. The summed E-state index contributed by atoms with van der Waals surface area (Å²) in [5, 5.41) is 1.01. The lowest BCUT2D eigenvalue weighted by molar-refractivity contribution is 0.0603. The van der Waals surface area contributed by atoms with Crippen molar-refractivity contribution >= 4 is 16.9 Å². The second kappa shape index (κ2) is 7.24. The molecule has 1 atom stereocenters. The molecule has 0 N–H and O–H groups in total. The molecular weight excluding hydrogens is 326 g/mol. The highest BCUT2D eigenvalue weighted by atomic mass is 16.5. The first kappa shape index (κ1) is 16.7. The van der Waals surface area contributed by atoms with Gasteiger partial charge in [-0.1, -0.05) is 36.4 Å². The number of amides is 1. The van der Waals surface area contributed by atoms with E-state index in [9.17, 15) is 4.79 Å². The van der Waals surface area contributed by atoms with Crippen LogP contribution < -0.4 is 4.74 Å². The highest BCUT2D eigenvalue weighted by Gasteiger charge is 2.28. The minimum atomic E-state index is -0.0110. The average molecular weight is 349 g/mol. The highest BCUT2D eigenvalue weighted by molar-refractivity contribution is 5.98. The molecule has 0 bridgehead atoms. The second-order valence-corrected chi connectivity index (χ2v) is 6.94. The van der Waals surface area contributed by atoms with Gasteiger partial charge in [0.05, 0.1) is 6.61 Å². The van der Waals surface area contributed by atoms with Crippen molar-refractivity contribution in [3.05, 3.63) is 65.9 Å². The summed E-state index contributed by atoms with van der Waals surface area (Å²) in [4.78, 5) is 14.9. The molecule has 1 fully saturated rings. The monoisotopic (exact) mass is 349 g/mol. The maximum Gasteiger partial charge on any atom is 0.289 e. The van der Waals surface area contributed by atoms with E-state index in [2.05, 4.69) is 0 Å². The molecule has 0 spiro atoms. The van der Waals surface area contributed by atoms with Gasteiger partial charge >= 0.3 is 0 Å². The molecule has 1 unspecified atom stereocenters. The molecule has 1 amide bonds. The number of hydrogen-bond acceptors (Lipinski definition) is 3. The minimum Gasteiger partial charge on any atom is -0.493 e. The molecule has 3 aromatic rings. The van der Waals surface area contributed by atoms with Crippen molar-refractivity contribution in [2.24, 2.45) is 5.92 Å². The maximum absolute atomic E-state index is 13.0. The Bertz CT molecular complexity index is 900. The molecule has 4 nitrogen and oxygen atoms in total. The number of fused-ring (bicyclic) bond motifs is 1. The molecule has 4 heteroatoms. The number of piperidine rings is 1. The van der Waals surface area contributed by atoms with E-state index in [-0.39, 0.29) is 5.91 Å². The number of furan rings is 1. The Morgan fingerprint density at radius 2 is 1.92 bits per heavy atom. The predicted octanol–water partition coefficient (Wildman–Crippen LogP) is 4.67. The van der Waals surface area contributed by atoms with E-state index in [1.807, 2.05) is 66.4 Å². The predicted molar refractivity (Wildman–Crippen MR) is 102 cm³/mol. The lowest BCUT2D eigenvalue weighted by Crippen LogP contribution is -2.41. The van der Waals surface area contributed by atoms with Crippen LogP contribution in [0.2, 0.25) is 0 Å². The average Bonchev–Trinajstić information content (AvgIpc) is 3.04. The van der Waals surface area contributed by atoms with Crippen molar-refractivity contribution in [2.45, 2.75) is 19.8 Å². The molecule has 0 aliphatic carbocycles. The summed E-state index contributed by atoms with van der Waals surface area (Å²) in [5.74, 6) is 1.68. The van der Waals surface area contributed by atoms with Crippen LogP contribution in [0.3, 0.4) is 0 Å². The van der Waals surface area contributed by atoms with Crippen molar-refractivity contribution in [3.63, 3.8) is 0 Å². The van der Waals surface area contributed by atoms with E-state index in [4.69, 9.17) is 9.15 Å². The normalized spacial score (nSPS) is 17.4. The molecule has 0 radical (unpaired) electrons. The van der Waals surface area contributed by atoms with Crippen LogP contribution in [0, 0.1) is 12.8 Å². The molecule has 1 aliphatic rings. The minimum absolute atomic E-state index is 0.0110. The summed E-state index contributed by atoms with van der Waals surface area (Å²) in [6.07, 6.45) is 2.07. The molecule has 26 heavy (non-hydrogen) atoms. The Labute approximate surface area is 153 Å². The molecule has 0 saturated carbocycles. The molecule has 2 heterocycles. The number of benzene rings is 2. The Hall–Kier alpha value is -2.75. The van der Waals surface area contributed by atoms with Gasteiger partial charge in [0.1, 0.15) is 11.3 Å². The van der Waals surface area contributed by atoms with Gasteiger partial charge in [0.25, 0.3) is 5.91 Å². The Balaban J connectivity index is 1.45. The van der Waals surface area contributed by atoms with Gasteiger partial charge in [-0.25, -0.2) is 0 Å². The number of ether oxygens (including phenoxy) is 1. The smallest absolute Gasteiger partial charge is 0.289 e. The Morgan fingerprint density at radius 1 is 1.15 bits per heavy atom. The van der Waals surface area contributed by atoms with Crippen LogP contribution in [-0.4, -0.2) is 30.5 Å². The quantitative estimate of drug-likeness (QED) is 0.687. The van der Waals surface area contributed by atoms with Crippen molar-refractivity contribution in [1.82, 2.24) is 4.90 Å². The molecule has 4 rings (SSSR count). The Morgan fingerprint density at radius 3 is 2.73 bits per heavy atom. The van der Waals surface area contributed by atoms with Crippen LogP contribution in [0.4, 0.5) is 0 Å². The van der Waals surface area contributed by atoms with Crippen molar-refractivity contribution in [2.75, 3.05) is 19.7 Å². The number of para-hydroxylation sites is 2. The van der Waals surface area contributed by atoms with Gasteiger partial charge in [-0.3, -0.25) is 4.79 Å². The van der Waals surface area contributed by atoms with E-state index in [0.29, 0.717) is 24.8 Å². The van der Waals surface area contributed by atoms with Gasteiger partial charge in [-0.05, 0) is 38.0 Å². The van der Waals surface area contributed by atoms with Crippen LogP contribution in [0.5, 0.6) is 5.75 Å². The van der Waals surface area contributed by atoms with E-state index in [1.54, 1.807) is 0 Å². The van der Waals surface area contributed by atoms with Crippen molar-refractivity contribution in [3.8, 4) is 5.75 Å². The topological polar surface area (TPSA) is 42.7 Å². The number of hydrogen-bond donors (Lipinski definition) is 0.